The minimum Gasteiger partial charge on any atom is -0.495 e. The van der Waals surface area contributed by atoms with Crippen LogP contribution in [-0.2, 0) is 0 Å². The Kier molecular flexibility index (Phi) is 5.61. The summed E-state index contributed by atoms with van der Waals surface area (Å²) in [6.45, 7) is 4.44. The molecule has 22 heavy (non-hydrogen) atoms. The van der Waals surface area contributed by atoms with Gasteiger partial charge in [-0.1, -0.05) is 36.9 Å². The number of methoxy groups -OCH3 is 1. The highest BCUT2D eigenvalue weighted by Gasteiger charge is 2.31. The molecule has 0 unspecified atom stereocenters. The molecular weight excluding hydrogens is 296 g/mol. The number of rotatable bonds is 4. The Balaban J connectivity index is 1.89. The molecule has 0 spiro atoms. The molecule has 1 aromatic rings. The SMILES string of the molecule is COc1cc([C@H](C2CCCCC2)N2CCNCC2)ccc1Cl. The summed E-state index contributed by atoms with van der Waals surface area (Å²) in [5.74, 6) is 1.56. The molecule has 0 radical (unpaired) electrons. The maximum absolute atomic E-state index is 6.22. The van der Waals surface area contributed by atoms with E-state index in [1.165, 1.54) is 37.7 Å². The van der Waals surface area contributed by atoms with Crippen LogP contribution < -0.4 is 10.1 Å². The van der Waals surface area contributed by atoms with Crippen LogP contribution in [0.2, 0.25) is 5.02 Å². The topological polar surface area (TPSA) is 24.5 Å². The largest absolute Gasteiger partial charge is 0.495 e. The van der Waals surface area contributed by atoms with E-state index in [4.69, 9.17) is 16.3 Å². The van der Waals surface area contributed by atoms with Crippen molar-refractivity contribution in [1.82, 2.24) is 10.2 Å². The third-order valence-corrected chi connectivity index (χ3v) is 5.47. The number of ether oxygens (including phenoxy) is 1. The predicted molar refractivity (Wildman–Crippen MR) is 91.8 cm³/mol. The van der Waals surface area contributed by atoms with Gasteiger partial charge < -0.3 is 10.1 Å². The van der Waals surface area contributed by atoms with Crippen LogP contribution in [0.1, 0.15) is 43.7 Å². The lowest BCUT2D eigenvalue weighted by Crippen LogP contribution is -2.47. The molecule has 2 fully saturated rings. The molecule has 3 rings (SSSR count). The summed E-state index contributed by atoms with van der Waals surface area (Å²) in [4.78, 5) is 2.66. The fourth-order valence-electron chi connectivity index (χ4n) is 4.05. The minimum atomic E-state index is 0.508. The smallest absolute Gasteiger partial charge is 0.137 e. The second kappa shape index (κ2) is 7.67. The Morgan fingerprint density at radius 1 is 1.18 bits per heavy atom. The van der Waals surface area contributed by atoms with E-state index in [-0.39, 0.29) is 0 Å². The van der Waals surface area contributed by atoms with E-state index in [1.54, 1.807) is 7.11 Å². The van der Waals surface area contributed by atoms with Crippen molar-refractivity contribution in [2.75, 3.05) is 33.3 Å². The van der Waals surface area contributed by atoms with Crippen LogP contribution in [0.3, 0.4) is 0 Å². The van der Waals surface area contributed by atoms with Crippen LogP contribution in [0, 0.1) is 5.92 Å². The van der Waals surface area contributed by atoms with E-state index < -0.39 is 0 Å². The lowest BCUT2D eigenvalue weighted by Gasteiger charge is -2.41. The first-order valence-corrected chi connectivity index (χ1v) is 8.95. The summed E-state index contributed by atoms with van der Waals surface area (Å²) in [5, 5.41) is 4.17. The van der Waals surface area contributed by atoms with Gasteiger partial charge in [0.05, 0.1) is 12.1 Å². The van der Waals surface area contributed by atoms with Gasteiger partial charge in [-0.25, -0.2) is 0 Å². The van der Waals surface area contributed by atoms with Gasteiger partial charge in [0.1, 0.15) is 5.75 Å². The Morgan fingerprint density at radius 3 is 2.59 bits per heavy atom. The van der Waals surface area contributed by atoms with Crippen LogP contribution in [0.25, 0.3) is 0 Å². The van der Waals surface area contributed by atoms with Gasteiger partial charge in [0, 0.05) is 32.2 Å². The fraction of sp³-hybridized carbons (Fsp3) is 0.667. The Labute approximate surface area is 139 Å². The van der Waals surface area contributed by atoms with Gasteiger partial charge in [-0.2, -0.15) is 0 Å². The molecule has 1 saturated heterocycles. The molecule has 1 aliphatic heterocycles. The molecule has 1 heterocycles. The quantitative estimate of drug-likeness (QED) is 0.910. The average molecular weight is 323 g/mol. The van der Waals surface area contributed by atoms with E-state index in [9.17, 15) is 0 Å². The molecule has 2 aliphatic rings. The first-order chi connectivity index (χ1) is 10.8. The third kappa shape index (κ3) is 3.58. The molecule has 1 aliphatic carbocycles. The summed E-state index contributed by atoms with van der Waals surface area (Å²) < 4.78 is 5.45. The van der Waals surface area contributed by atoms with Crippen LogP contribution >= 0.6 is 11.6 Å². The summed E-state index contributed by atoms with van der Waals surface area (Å²) in [7, 11) is 1.70. The van der Waals surface area contributed by atoms with Crippen molar-refractivity contribution in [3.05, 3.63) is 28.8 Å². The first-order valence-electron chi connectivity index (χ1n) is 8.58. The summed E-state index contributed by atoms with van der Waals surface area (Å²) in [5.41, 5.74) is 1.37. The van der Waals surface area contributed by atoms with Crippen molar-refractivity contribution in [1.29, 1.82) is 0 Å². The van der Waals surface area contributed by atoms with Crippen LogP contribution in [0.15, 0.2) is 18.2 Å². The van der Waals surface area contributed by atoms with Gasteiger partial charge in [-0.15, -0.1) is 0 Å². The van der Waals surface area contributed by atoms with Crippen LogP contribution in [0.5, 0.6) is 5.75 Å². The van der Waals surface area contributed by atoms with Crippen molar-refractivity contribution in [3.63, 3.8) is 0 Å². The lowest BCUT2D eigenvalue weighted by atomic mass is 9.80. The number of halogens is 1. The minimum absolute atomic E-state index is 0.508. The maximum Gasteiger partial charge on any atom is 0.137 e. The number of piperazine rings is 1. The monoisotopic (exact) mass is 322 g/mol. The fourth-order valence-corrected chi connectivity index (χ4v) is 4.25. The molecule has 4 heteroatoms. The Morgan fingerprint density at radius 2 is 1.91 bits per heavy atom. The number of nitrogens with one attached hydrogen (secondary N) is 1. The molecule has 0 aromatic heterocycles. The van der Waals surface area contributed by atoms with Crippen molar-refractivity contribution in [2.45, 2.75) is 38.1 Å². The number of hydrogen-bond acceptors (Lipinski definition) is 3. The second-order valence-corrected chi connectivity index (χ2v) is 6.93. The van der Waals surface area contributed by atoms with E-state index in [2.05, 4.69) is 22.3 Å². The summed E-state index contributed by atoms with van der Waals surface area (Å²) in [6.07, 6.45) is 6.84. The van der Waals surface area contributed by atoms with E-state index >= 15 is 0 Å². The average Bonchev–Trinajstić information content (AvgIpc) is 2.58. The van der Waals surface area contributed by atoms with Crippen molar-refractivity contribution in [3.8, 4) is 5.75 Å². The lowest BCUT2D eigenvalue weighted by molar-refractivity contribution is 0.103. The zero-order valence-corrected chi connectivity index (χ0v) is 14.2. The van der Waals surface area contributed by atoms with Crippen molar-refractivity contribution in [2.24, 2.45) is 5.92 Å². The highest BCUT2D eigenvalue weighted by Crippen LogP contribution is 2.40. The second-order valence-electron chi connectivity index (χ2n) is 6.52. The number of benzene rings is 1. The van der Waals surface area contributed by atoms with E-state index in [1.807, 2.05) is 6.07 Å². The number of nitrogens with zero attached hydrogens (tertiary/aromatic N) is 1. The molecule has 3 nitrogen and oxygen atoms in total. The van der Waals surface area contributed by atoms with Crippen molar-refractivity contribution >= 4 is 11.6 Å². The Bertz CT molecular complexity index is 464. The van der Waals surface area contributed by atoms with Gasteiger partial charge in [0.25, 0.3) is 0 Å². The standard InChI is InChI=1S/C18H27ClN2O/c1-22-17-13-15(7-8-16(17)19)18(14-5-3-2-4-6-14)21-11-9-20-10-12-21/h7-8,13-14,18,20H,2-6,9-12H2,1H3/t18-/m0/s1. The molecule has 122 valence electrons. The normalized spacial score (nSPS) is 22.5. The molecular formula is C18H27ClN2O. The number of hydrogen-bond donors (Lipinski definition) is 1. The molecule has 1 N–H and O–H groups in total. The van der Waals surface area contributed by atoms with Crippen molar-refractivity contribution < 1.29 is 4.74 Å². The highest BCUT2D eigenvalue weighted by molar-refractivity contribution is 6.32. The van der Waals surface area contributed by atoms with Gasteiger partial charge in [0.15, 0.2) is 0 Å². The summed E-state index contributed by atoms with van der Waals surface area (Å²) >= 11 is 6.22. The first kappa shape index (κ1) is 16.1. The zero-order valence-electron chi connectivity index (χ0n) is 13.5. The Hall–Kier alpha value is -0.770. The molecule has 1 aromatic carbocycles. The van der Waals surface area contributed by atoms with Crippen LogP contribution in [-0.4, -0.2) is 38.2 Å². The molecule has 0 bridgehead atoms. The van der Waals surface area contributed by atoms with Gasteiger partial charge in [0.2, 0.25) is 0 Å². The highest BCUT2D eigenvalue weighted by atomic mass is 35.5. The zero-order chi connectivity index (χ0) is 15.4. The third-order valence-electron chi connectivity index (χ3n) is 5.16. The van der Waals surface area contributed by atoms with E-state index in [0.717, 1.165) is 37.8 Å². The summed E-state index contributed by atoms with van der Waals surface area (Å²) in [6, 6.07) is 6.86. The van der Waals surface area contributed by atoms with Crippen LogP contribution in [0.4, 0.5) is 0 Å². The maximum atomic E-state index is 6.22. The predicted octanol–water partition coefficient (Wildman–Crippen LogP) is 3.88. The van der Waals surface area contributed by atoms with Gasteiger partial charge >= 0.3 is 0 Å². The van der Waals surface area contributed by atoms with Gasteiger partial charge in [-0.05, 0) is 36.5 Å². The molecule has 1 saturated carbocycles. The molecule has 0 amide bonds. The molecule has 1 atom stereocenters. The van der Waals surface area contributed by atoms with Gasteiger partial charge in [-0.3, -0.25) is 4.90 Å². The van der Waals surface area contributed by atoms with E-state index in [0.29, 0.717) is 11.1 Å².